The first-order valence-corrected chi connectivity index (χ1v) is 6.59. The third-order valence-electron chi connectivity index (χ3n) is 3.79. The second kappa shape index (κ2) is 5.01. The highest BCUT2D eigenvalue weighted by Crippen LogP contribution is 2.33. The maximum absolute atomic E-state index is 10.3. The summed E-state index contributed by atoms with van der Waals surface area (Å²) in [5.74, 6) is 0. The highest BCUT2D eigenvalue weighted by atomic mass is 16.3. The van der Waals surface area contributed by atoms with Crippen LogP contribution in [0.3, 0.4) is 0 Å². The largest absolute Gasteiger partial charge is 0.388 e. The summed E-state index contributed by atoms with van der Waals surface area (Å²) >= 11 is 0. The van der Waals surface area contributed by atoms with Crippen LogP contribution in [-0.2, 0) is 19.3 Å². The van der Waals surface area contributed by atoms with Crippen molar-refractivity contribution in [1.82, 2.24) is 0 Å². The van der Waals surface area contributed by atoms with Gasteiger partial charge in [-0.3, -0.25) is 0 Å². The summed E-state index contributed by atoms with van der Waals surface area (Å²) in [5.41, 5.74) is 5.50. The molecule has 0 unspecified atom stereocenters. The molecule has 0 saturated carbocycles. The lowest BCUT2D eigenvalue weighted by Gasteiger charge is -2.19. The average molecular weight is 218 g/mol. The molecule has 1 aliphatic rings. The van der Waals surface area contributed by atoms with Crippen molar-refractivity contribution in [3.63, 3.8) is 0 Å². The van der Waals surface area contributed by atoms with Crippen molar-refractivity contribution in [2.75, 3.05) is 0 Å². The molecule has 1 N–H and O–H groups in total. The Hall–Kier alpha value is -0.820. The van der Waals surface area contributed by atoms with Gasteiger partial charge >= 0.3 is 0 Å². The third kappa shape index (κ3) is 2.01. The summed E-state index contributed by atoms with van der Waals surface area (Å²) < 4.78 is 0. The quantitative estimate of drug-likeness (QED) is 0.752. The Morgan fingerprint density at radius 3 is 2.50 bits per heavy atom. The topological polar surface area (TPSA) is 20.2 Å². The number of benzene rings is 1. The second-order valence-corrected chi connectivity index (χ2v) is 4.74. The monoisotopic (exact) mass is 218 g/mol. The molecule has 1 aliphatic carbocycles. The molecule has 0 aromatic heterocycles. The Morgan fingerprint density at radius 2 is 1.81 bits per heavy atom. The van der Waals surface area contributed by atoms with Gasteiger partial charge in [-0.05, 0) is 54.4 Å². The van der Waals surface area contributed by atoms with E-state index < -0.39 is 0 Å². The molecule has 2 rings (SSSR count). The molecule has 1 heteroatoms. The average Bonchev–Trinajstić information content (AvgIpc) is 2.51. The van der Waals surface area contributed by atoms with Crippen LogP contribution in [0.4, 0.5) is 0 Å². The van der Waals surface area contributed by atoms with Gasteiger partial charge in [0.25, 0.3) is 0 Å². The SMILES string of the molecule is CCc1ccc(CC)c2c1CCCC[C@@H]2O. The van der Waals surface area contributed by atoms with Crippen molar-refractivity contribution < 1.29 is 5.11 Å². The van der Waals surface area contributed by atoms with E-state index in [2.05, 4.69) is 26.0 Å². The summed E-state index contributed by atoms with van der Waals surface area (Å²) in [5, 5.41) is 10.3. The lowest BCUT2D eigenvalue weighted by atomic mass is 9.89. The van der Waals surface area contributed by atoms with E-state index in [9.17, 15) is 5.11 Å². The van der Waals surface area contributed by atoms with Crippen molar-refractivity contribution in [2.45, 2.75) is 58.5 Å². The number of aliphatic hydroxyl groups is 1. The lowest BCUT2D eigenvalue weighted by molar-refractivity contribution is 0.165. The van der Waals surface area contributed by atoms with Gasteiger partial charge in [0.1, 0.15) is 0 Å². The molecule has 0 fully saturated rings. The van der Waals surface area contributed by atoms with Crippen molar-refractivity contribution in [3.8, 4) is 0 Å². The smallest absolute Gasteiger partial charge is 0.0795 e. The molecular weight excluding hydrogens is 196 g/mol. The van der Waals surface area contributed by atoms with Crippen LogP contribution < -0.4 is 0 Å². The van der Waals surface area contributed by atoms with Crippen LogP contribution in [0, 0.1) is 0 Å². The Labute approximate surface area is 98.5 Å². The van der Waals surface area contributed by atoms with Crippen molar-refractivity contribution in [1.29, 1.82) is 0 Å². The highest BCUT2D eigenvalue weighted by Gasteiger charge is 2.20. The van der Waals surface area contributed by atoms with Crippen LogP contribution in [0.5, 0.6) is 0 Å². The van der Waals surface area contributed by atoms with Crippen LogP contribution in [0.25, 0.3) is 0 Å². The number of fused-ring (bicyclic) bond motifs is 1. The number of aliphatic hydroxyl groups excluding tert-OH is 1. The normalized spacial score (nSPS) is 20.3. The zero-order valence-corrected chi connectivity index (χ0v) is 10.4. The minimum absolute atomic E-state index is 0.223. The summed E-state index contributed by atoms with van der Waals surface area (Å²) in [4.78, 5) is 0. The molecule has 0 radical (unpaired) electrons. The van der Waals surface area contributed by atoms with E-state index in [1.807, 2.05) is 0 Å². The molecule has 0 bridgehead atoms. The van der Waals surface area contributed by atoms with E-state index in [1.165, 1.54) is 28.7 Å². The predicted octanol–water partition coefficient (Wildman–Crippen LogP) is 3.57. The summed E-state index contributed by atoms with van der Waals surface area (Å²) in [7, 11) is 0. The molecule has 1 aromatic carbocycles. The second-order valence-electron chi connectivity index (χ2n) is 4.74. The van der Waals surface area contributed by atoms with E-state index in [0.29, 0.717) is 0 Å². The molecule has 16 heavy (non-hydrogen) atoms. The summed E-state index contributed by atoms with van der Waals surface area (Å²) in [6.07, 6.45) is 6.37. The van der Waals surface area contributed by atoms with Crippen molar-refractivity contribution in [2.24, 2.45) is 0 Å². The Bertz CT molecular complexity index is 368. The molecule has 0 saturated heterocycles. The number of hydrogen-bond acceptors (Lipinski definition) is 1. The van der Waals surface area contributed by atoms with Gasteiger partial charge in [0.2, 0.25) is 0 Å². The van der Waals surface area contributed by atoms with Gasteiger partial charge in [-0.25, -0.2) is 0 Å². The van der Waals surface area contributed by atoms with Gasteiger partial charge in [-0.1, -0.05) is 32.4 Å². The fourth-order valence-corrected chi connectivity index (χ4v) is 2.89. The zero-order chi connectivity index (χ0) is 11.5. The molecule has 0 amide bonds. The molecule has 1 nitrogen and oxygen atoms in total. The van der Waals surface area contributed by atoms with Crippen LogP contribution in [0.2, 0.25) is 0 Å². The molecule has 88 valence electrons. The van der Waals surface area contributed by atoms with Crippen molar-refractivity contribution >= 4 is 0 Å². The van der Waals surface area contributed by atoms with E-state index in [4.69, 9.17) is 0 Å². The summed E-state index contributed by atoms with van der Waals surface area (Å²) in [6, 6.07) is 4.47. The summed E-state index contributed by atoms with van der Waals surface area (Å²) in [6.45, 7) is 4.39. The van der Waals surface area contributed by atoms with E-state index in [-0.39, 0.29) is 6.10 Å². The van der Waals surface area contributed by atoms with Gasteiger partial charge in [0.05, 0.1) is 6.10 Å². The maximum atomic E-state index is 10.3. The van der Waals surface area contributed by atoms with E-state index in [0.717, 1.165) is 32.1 Å². The van der Waals surface area contributed by atoms with Gasteiger partial charge in [-0.2, -0.15) is 0 Å². The Morgan fingerprint density at radius 1 is 1.12 bits per heavy atom. The minimum Gasteiger partial charge on any atom is -0.388 e. The van der Waals surface area contributed by atoms with Crippen LogP contribution >= 0.6 is 0 Å². The fraction of sp³-hybridized carbons (Fsp3) is 0.600. The van der Waals surface area contributed by atoms with Gasteiger partial charge in [0.15, 0.2) is 0 Å². The molecular formula is C15H22O. The Kier molecular flexibility index (Phi) is 3.65. The van der Waals surface area contributed by atoms with Crippen LogP contribution in [-0.4, -0.2) is 5.11 Å². The van der Waals surface area contributed by atoms with Gasteiger partial charge in [-0.15, -0.1) is 0 Å². The van der Waals surface area contributed by atoms with Crippen LogP contribution in [0.1, 0.15) is 61.5 Å². The number of hydrogen-bond donors (Lipinski definition) is 1. The van der Waals surface area contributed by atoms with Gasteiger partial charge in [0, 0.05) is 0 Å². The molecule has 1 aromatic rings. The van der Waals surface area contributed by atoms with E-state index in [1.54, 1.807) is 0 Å². The van der Waals surface area contributed by atoms with Gasteiger partial charge < -0.3 is 5.11 Å². The standard InChI is InChI=1S/C15H22O/c1-3-11-9-10-12(4-2)15-13(11)7-5-6-8-14(15)16/h9-10,14,16H,3-8H2,1-2H3/t14-/m0/s1. The minimum atomic E-state index is -0.223. The number of aryl methyl sites for hydroxylation is 2. The predicted molar refractivity (Wildman–Crippen MR) is 67.7 cm³/mol. The third-order valence-corrected chi connectivity index (χ3v) is 3.79. The molecule has 0 aliphatic heterocycles. The lowest BCUT2D eigenvalue weighted by Crippen LogP contribution is -2.06. The van der Waals surface area contributed by atoms with Crippen molar-refractivity contribution in [3.05, 3.63) is 34.4 Å². The Balaban J connectivity index is 2.56. The van der Waals surface area contributed by atoms with Crippen LogP contribution in [0.15, 0.2) is 12.1 Å². The first kappa shape index (κ1) is 11.7. The molecule has 0 heterocycles. The molecule has 0 spiro atoms. The molecule has 1 atom stereocenters. The highest BCUT2D eigenvalue weighted by molar-refractivity contribution is 5.43. The van der Waals surface area contributed by atoms with E-state index >= 15 is 0 Å². The fourth-order valence-electron chi connectivity index (χ4n) is 2.89. The first-order chi connectivity index (χ1) is 7.77. The zero-order valence-electron chi connectivity index (χ0n) is 10.4. The maximum Gasteiger partial charge on any atom is 0.0795 e. The number of rotatable bonds is 2. The first-order valence-electron chi connectivity index (χ1n) is 6.59.